The fourth-order valence-corrected chi connectivity index (χ4v) is 3.68. The van der Waals surface area contributed by atoms with E-state index in [1.165, 1.54) is 23.9 Å². The van der Waals surface area contributed by atoms with Crippen LogP contribution in [-0.4, -0.2) is 35.1 Å². The van der Waals surface area contributed by atoms with Gasteiger partial charge in [0.25, 0.3) is 0 Å². The Morgan fingerprint density at radius 2 is 1.72 bits per heavy atom. The van der Waals surface area contributed by atoms with Crippen molar-refractivity contribution in [2.75, 3.05) is 12.3 Å². The van der Waals surface area contributed by atoms with Crippen LogP contribution < -0.4 is 5.32 Å². The Bertz CT molecular complexity index is 781. The first kappa shape index (κ1) is 22.9. The molecular formula is C23H29FN2O2S. The normalized spacial score (nSPS) is 11.9. The van der Waals surface area contributed by atoms with Crippen molar-refractivity contribution in [2.24, 2.45) is 5.92 Å². The Labute approximate surface area is 176 Å². The zero-order valence-electron chi connectivity index (χ0n) is 17.2. The van der Waals surface area contributed by atoms with Crippen LogP contribution in [0.15, 0.2) is 59.5 Å². The van der Waals surface area contributed by atoms with Crippen molar-refractivity contribution < 1.29 is 14.0 Å². The average Bonchev–Trinajstić information content (AvgIpc) is 2.72. The SMILES string of the molecule is CC[C@H](C(=O)NCC(C)C)N(Cc1ccc(F)cc1)C(=O)CSc1ccccc1. The Morgan fingerprint density at radius 1 is 1.07 bits per heavy atom. The molecule has 0 aliphatic heterocycles. The number of halogens is 1. The van der Waals surface area contributed by atoms with Gasteiger partial charge in [0.15, 0.2) is 0 Å². The van der Waals surface area contributed by atoms with Gasteiger partial charge in [-0.2, -0.15) is 0 Å². The molecule has 0 saturated carbocycles. The molecule has 0 aliphatic rings. The van der Waals surface area contributed by atoms with Gasteiger partial charge < -0.3 is 10.2 Å². The molecule has 0 unspecified atom stereocenters. The minimum atomic E-state index is -0.567. The highest BCUT2D eigenvalue weighted by molar-refractivity contribution is 8.00. The van der Waals surface area contributed by atoms with E-state index >= 15 is 0 Å². The molecule has 2 rings (SSSR count). The maximum Gasteiger partial charge on any atom is 0.242 e. The molecule has 1 N–H and O–H groups in total. The Hall–Kier alpha value is -2.34. The van der Waals surface area contributed by atoms with Gasteiger partial charge in [0.2, 0.25) is 11.8 Å². The largest absolute Gasteiger partial charge is 0.354 e. The minimum Gasteiger partial charge on any atom is -0.354 e. The van der Waals surface area contributed by atoms with Crippen LogP contribution >= 0.6 is 11.8 Å². The number of carbonyl (C=O) groups excluding carboxylic acids is 2. The van der Waals surface area contributed by atoms with E-state index in [9.17, 15) is 14.0 Å². The van der Waals surface area contributed by atoms with E-state index in [1.54, 1.807) is 17.0 Å². The van der Waals surface area contributed by atoms with E-state index in [0.717, 1.165) is 10.5 Å². The van der Waals surface area contributed by atoms with Crippen LogP contribution in [0.25, 0.3) is 0 Å². The summed E-state index contributed by atoms with van der Waals surface area (Å²) in [6, 6.07) is 15.2. The Balaban J connectivity index is 2.16. The summed E-state index contributed by atoms with van der Waals surface area (Å²) < 4.78 is 13.3. The standard InChI is InChI=1S/C23H29FN2O2S/c1-4-21(23(28)25-14-17(2)3)26(15-18-10-12-19(24)13-11-18)22(27)16-29-20-8-6-5-7-9-20/h5-13,17,21H,4,14-16H2,1-3H3,(H,25,28)/t21-/m1/s1. The van der Waals surface area contributed by atoms with Crippen molar-refractivity contribution in [1.82, 2.24) is 10.2 Å². The predicted molar refractivity (Wildman–Crippen MR) is 116 cm³/mol. The number of thioether (sulfide) groups is 1. The first-order chi connectivity index (χ1) is 13.9. The molecule has 0 heterocycles. The molecule has 0 spiro atoms. The van der Waals surface area contributed by atoms with Crippen molar-refractivity contribution in [3.05, 3.63) is 66.0 Å². The van der Waals surface area contributed by atoms with Crippen molar-refractivity contribution >= 4 is 23.6 Å². The number of benzene rings is 2. The van der Waals surface area contributed by atoms with Gasteiger partial charge in [0.1, 0.15) is 11.9 Å². The number of carbonyl (C=O) groups is 2. The summed E-state index contributed by atoms with van der Waals surface area (Å²) in [5.41, 5.74) is 0.791. The van der Waals surface area contributed by atoms with Gasteiger partial charge in [-0.25, -0.2) is 4.39 Å². The quantitative estimate of drug-likeness (QED) is 0.580. The van der Waals surface area contributed by atoms with Gasteiger partial charge in [-0.15, -0.1) is 11.8 Å². The zero-order chi connectivity index (χ0) is 21.2. The number of nitrogens with zero attached hydrogens (tertiary/aromatic N) is 1. The van der Waals surface area contributed by atoms with Crippen LogP contribution in [0.2, 0.25) is 0 Å². The van der Waals surface area contributed by atoms with Crippen molar-refractivity contribution in [1.29, 1.82) is 0 Å². The summed E-state index contributed by atoms with van der Waals surface area (Å²) >= 11 is 1.44. The van der Waals surface area contributed by atoms with E-state index in [-0.39, 0.29) is 29.9 Å². The molecule has 0 bridgehead atoms. The molecule has 0 aliphatic carbocycles. The fourth-order valence-electron chi connectivity index (χ4n) is 2.87. The van der Waals surface area contributed by atoms with Crippen LogP contribution in [0.5, 0.6) is 0 Å². The maximum absolute atomic E-state index is 13.3. The van der Waals surface area contributed by atoms with E-state index in [1.807, 2.05) is 51.1 Å². The lowest BCUT2D eigenvalue weighted by atomic mass is 10.1. The number of amides is 2. The lowest BCUT2D eigenvalue weighted by molar-refractivity contribution is -0.139. The van der Waals surface area contributed by atoms with Crippen LogP contribution in [0.1, 0.15) is 32.8 Å². The maximum atomic E-state index is 13.3. The Morgan fingerprint density at radius 3 is 2.31 bits per heavy atom. The highest BCUT2D eigenvalue weighted by atomic mass is 32.2. The molecule has 2 aromatic carbocycles. The molecule has 29 heavy (non-hydrogen) atoms. The highest BCUT2D eigenvalue weighted by Crippen LogP contribution is 2.20. The molecule has 2 aromatic rings. The lowest BCUT2D eigenvalue weighted by Crippen LogP contribution is -2.50. The van der Waals surface area contributed by atoms with Crippen LogP contribution in [-0.2, 0) is 16.1 Å². The number of rotatable bonds is 10. The summed E-state index contributed by atoms with van der Waals surface area (Å²) in [6.45, 7) is 6.78. The fraction of sp³-hybridized carbons (Fsp3) is 0.391. The third-order valence-electron chi connectivity index (χ3n) is 4.44. The second-order valence-corrected chi connectivity index (χ2v) is 8.36. The molecule has 156 valence electrons. The molecular weight excluding hydrogens is 387 g/mol. The molecule has 0 radical (unpaired) electrons. The lowest BCUT2D eigenvalue weighted by Gasteiger charge is -2.31. The molecule has 1 atom stereocenters. The van der Waals surface area contributed by atoms with Gasteiger partial charge in [-0.1, -0.05) is 51.1 Å². The topological polar surface area (TPSA) is 49.4 Å². The minimum absolute atomic E-state index is 0.116. The average molecular weight is 417 g/mol. The van der Waals surface area contributed by atoms with Crippen molar-refractivity contribution in [3.8, 4) is 0 Å². The van der Waals surface area contributed by atoms with E-state index in [4.69, 9.17) is 0 Å². The number of nitrogens with one attached hydrogen (secondary N) is 1. The summed E-state index contributed by atoms with van der Waals surface area (Å²) in [5.74, 6) is -0.0328. The molecule has 0 aromatic heterocycles. The van der Waals surface area contributed by atoms with Crippen LogP contribution in [0.4, 0.5) is 4.39 Å². The third-order valence-corrected chi connectivity index (χ3v) is 5.44. The smallest absolute Gasteiger partial charge is 0.242 e. The van der Waals surface area contributed by atoms with Gasteiger partial charge in [0, 0.05) is 18.0 Å². The van der Waals surface area contributed by atoms with Crippen molar-refractivity contribution in [3.63, 3.8) is 0 Å². The van der Waals surface area contributed by atoms with Crippen LogP contribution in [0, 0.1) is 11.7 Å². The zero-order valence-corrected chi connectivity index (χ0v) is 18.0. The van der Waals surface area contributed by atoms with Gasteiger partial charge in [0.05, 0.1) is 5.75 Å². The summed E-state index contributed by atoms with van der Waals surface area (Å²) in [6.07, 6.45) is 0.507. The van der Waals surface area contributed by atoms with Gasteiger partial charge >= 0.3 is 0 Å². The third kappa shape index (κ3) is 7.54. The summed E-state index contributed by atoms with van der Waals surface area (Å²) in [7, 11) is 0. The monoisotopic (exact) mass is 416 g/mol. The molecule has 4 nitrogen and oxygen atoms in total. The summed E-state index contributed by atoms with van der Waals surface area (Å²) in [4.78, 5) is 28.5. The van der Waals surface area contributed by atoms with E-state index in [2.05, 4.69) is 5.32 Å². The molecule has 0 saturated heterocycles. The predicted octanol–water partition coefficient (Wildman–Crippen LogP) is 4.50. The Kier molecular flexibility index (Phi) is 9.19. The molecule has 6 heteroatoms. The second kappa shape index (κ2) is 11.6. The number of hydrogen-bond donors (Lipinski definition) is 1. The van der Waals surface area contributed by atoms with Gasteiger partial charge in [-0.3, -0.25) is 9.59 Å². The molecule has 2 amide bonds. The van der Waals surface area contributed by atoms with E-state index in [0.29, 0.717) is 18.9 Å². The second-order valence-electron chi connectivity index (χ2n) is 7.31. The highest BCUT2D eigenvalue weighted by Gasteiger charge is 2.28. The van der Waals surface area contributed by atoms with E-state index < -0.39 is 6.04 Å². The summed E-state index contributed by atoms with van der Waals surface area (Å²) in [5, 5.41) is 2.94. The number of hydrogen-bond acceptors (Lipinski definition) is 3. The molecule has 0 fully saturated rings. The van der Waals surface area contributed by atoms with Gasteiger partial charge in [-0.05, 0) is 42.2 Å². The first-order valence-electron chi connectivity index (χ1n) is 9.90. The van der Waals surface area contributed by atoms with Crippen LogP contribution in [0.3, 0.4) is 0 Å². The van der Waals surface area contributed by atoms with Crippen molar-refractivity contribution in [2.45, 2.75) is 44.7 Å². The first-order valence-corrected chi connectivity index (χ1v) is 10.9.